The second kappa shape index (κ2) is 6.53. The van der Waals surface area contributed by atoms with Gasteiger partial charge in [-0.15, -0.1) is 0 Å². The highest BCUT2D eigenvalue weighted by Gasteiger charge is 2.32. The van der Waals surface area contributed by atoms with Gasteiger partial charge in [0.25, 0.3) is 5.91 Å². The lowest BCUT2D eigenvalue weighted by atomic mass is 10.1. The minimum atomic E-state index is -0.182. The Hall–Kier alpha value is -3.61. The van der Waals surface area contributed by atoms with E-state index in [1.54, 1.807) is 18.5 Å². The van der Waals surface area contributed by atoms with Crippen LogP contribution >= 0.6 is 0 Å². The molecule has 2 aromatic carbocycles. The van der Waals surface area contributed by atoms with Crippen molar-refractivity contribution in [2.24, 2.45) is 0 Å². The second-order valence-corrected chi connectivity index (χ2v) is 6.79. The van der Waals surface area contributed by atoms with Gasteiger partial charge in [-0.25, -0.2) is 9.67 Å². The Morgan fingerprint density at radius 3 is 2.68 bits per heavy atom. The van der Waals surface area contributed by atoms with Crippen LogP contribution in [-0.2, 0) is 6.54 Å². The quantitative estimate of drug-likeness (QED) is 0.542. The Bertz CT molecular complexity index is 1160. The monoisotopic (exact) mass is 370 g/mol. The van der Waals surface area contributed by atoms with Gasteiger partial charge in [0.15, 0.2) is 5.82 Å². The Morgan fingerprint density at radius 2 is 1.82 bits per heavy atom. The Balaban J connectivity index is 1.50. The van der Waals surface area contributed by atoms with Crippen LogP contribution in [0, 0.1) is 0 Å². The first-order valence-corrected chi connectivity index (χ1v) is 9.23. The molecule has 0 aliphatic carbocycles. The fourth-order valence-electron chi connectivity index (χ4n) is 3.67. The van der Waals surface area contributed by atoms with Gasteiger partial charge in [0.05, 0.1) is 23.7 Å². The average Bonchev–Trinajstić information content (AvgIpc) is 3.19. The predicted molar refractivity (Wildman–Crippen MR) is 104 cm³/mol. The minimum Gasteiger partial charge on any atom is -0.327 e. The first-order chi connectivity index (χ1) is 13.7. The molecule has 0 bridgehead atoms. The fourth-order valence-corrected chi connectivity index (χ4v) is 3.67. The zero-order chi connectivity index (χ0) is 19.1. The number of hydrogen-bond acceptors (Lipinski definition) is 5. The Morgan fingerprint density at radius 1 is 1.00 bits per heavy atom. The van der Waals surface area contributed by atoms with E-state index in [1.807, 2.05) is 59.0 Å². The molecule has 0 unspecified atom stereocenters. The zero-order valence-electron chi connectivity index (χ0n) is 15.4. The number of amides is 1. The summed E-state index contributed by atoms with van der Waals surface area (Å²) in [7, 11) is 0. The van der Waals surface area contributed by atoms with Crippen molar-refractivity contribution >= 4 is 16.9 Å². The van der Waals surface area contributed by atoms with Crippen LogP contribution in [0.3, 0.4) is 0 Å². The molecular formula is C21H18N6O. The first-order valence-electron chi connectivity index (χ1n) is 9.23. The molecule has 5 rings (SSSR count). The summed E-state index contributed by atoms with van der Waals surface area (Å²) >= 11 is 0. The van der Waals surface area contributed by atoms with Crippen molar-refractivity contribution in [3.63, 3.8) is 0 Å². The third-order valence-corrected chi connectivity index (χ3v) is 5.12. The molecule has 0 saturated heterocycles. The van der Waals surface area contributed by atoms with Gasteiger partial charge in [0.2, 0.25) is 0 Å². The van der Waals surface area contributed by atoms with Crippen LogP contribution < -0.4 is 0 Å². The van der Waals surface area contributed by atoms with Gasteiger partial charge in [-0.3, -0.25) is 14.8 Å². The highest BCUT2D eigenvalue weighted by atomic mass is 16.2. The van der Waals surface area contributed by atoms with Gasteiger partial charge in [-0.2, -0.15) is 5.10 Å². The van der Waals surface area contributed by atoms with Crippen molar-refractivity contribution in [1.82, 2.24) is 29.6 Å². The van der Waals surface area contributed by atoms with E-state index in [1.165, 1.54) is 0 Å². The predicted octanol–water partition coefficient (Wildman–Crippen LogP) is 3.11. The maximum Gasteiger partial charge on any atom is 0.256 e. The molecular weight excluding hydrogens is 352 g/mol. The topological polar surface area (TPSA) is 76.8 Å². The second-order valence-electron chi connectivity index (χ2n) is 6.79. The zero-order valence-corrected chi connectivity index (χ0v) is 15.4. The molecule has 0 spiro atoms. The number of nitrogens with zero attached hydrogens (tertiary/aromatic N) is 6. The summed E-state index contributed by atoms with van der Waals surface area (Å²) in [6.07, 6.45) is 3.25. The van der Waals surface area contributed by atoms with Crippen molar-refractivity contribution in [1.29, 1.82) is 0 Å². The first kappa shape index (κ1) is 16.6. The van der Waals surface area contributed by atoms with E-state index in [-0.39, 0.29) is 11.9 Å². The summed E-state index contributed by atoms with van der Waals surface area (Å²) in [5.74, 6) is 1.42. The van der Waals surface area contributed by atoms with Crippen molar-refractivity contribution in [3.8, 4) is 11.4 Å². The molecule has 0 fully saturated rings. The smallest absolute Gasteiger partial charge is 0.256 e. The maximum atomic E-state index is 13.3. The molecule has 1 atom stereocenters. The molecule has 4 aromatic rings. The number of benzene rings is 2. The number of carbonyl (C=O) groups excluding carboxylic acids is 1. The van der Waals surface area contributed by atoms with E-state index >= 15 is 0 Å². The van der Waals surface area contributed by atoms with Crippen LogP contribution in [-0.4, -0.2) is 42.1 Å². The molecule has 28 heavy (non-hydrogen) atoms. The van der Waals surface area contributed by atoms with E-state index in [0.29, 0.717) is 35.5 Å². The number of rotatable bonds is 2. The summed E-state index contributed by atoms with van der Waals surface area (Å²) in [6, 6.07) is 15.2. The minimum absolute atomic E-state index is 0.0610. The molecule has 138 valence electrons. The van der Waals surface area contributed by atoms with Gasteiger partial charge in [-0.05, 0) is 19.1 Å². The average molecular weight is 370 g/mol. The highest BCUT2D eigenvalue weighted by Crippen LogP contribution is 2.28. The van der Waals surface area contributed by atoms with Crippen LogP contribution in [0.1, 0.15) is 29.1 Å². The summed E-state index contributed by atoms with van der Waals surface area (Å²) < 4.78 is 1.90. The summed E-state index contributed by atoms with van der Waals surface area (Å²) in [4.78, 5) is 28.5. The van der Waals surface area contributed by atoms with Gasteiger partial charge in [-0.1, -0.05) is 36.4 Å². The van der Waals surface area contributed by atoms with Gasteiger partial charge in [0.1, 0.15) is 11.3 Å². The molecule has 1 amide bonds. The Kier molecular flexibility index (Phi) is 3.86. The molecule has 1 aliphatic rings. The van der Waals surface area contributed by atoms with Crippen LogP contribution in [0.25, 0.3) is 22.4 Å². The summed E-state index contributed by atoms with van der Waals surface area (Å²) in [6.45, 7) is 3.17. The van der Waals surface area contributed by atoms with Crippen molar-refractivity contribution in [2.45, 2.75) is 19.5 Å². The number of fused-ring (bicyclic) bond motifs is 2. The highest BCUT2D eigenvalue weighted by molar-refractivity contribution is 6.04. The lowest BCUT2D eigenvalue weighted by Gasteiger charge is -2.33. The van der Waals surface area contributed by atoms with E-state index in [9.17, 15) is 4.79 Å². The van der Waals surface area contributed by atoms with Gasteiger partial charge in [0, 0.05) is 24.5 Å². The van der Waals surface area contributed by atoms with Crippen molar-refractivity contribution in [3.05, 3.63) is 72.3 Å². The van der Waals surface area contributed by atoms with E-state index < -0.39 is 0 Å². The molecule has 1 aliphatic heterocycles. The lowest BCUT2D eigenvalue weighted by molar-refractivity contribution is 0.0632. The third-order valence-electron chi connectivity index (χ3n) is 5.12. The standard InChI is InChI=1S/C21H18N6O/c1-14-20-24-19(15-6-3-2-4-7-15)25-27(20)13-12-26(14)21(28)16-8-5-9-17-18(16)23-11-10-22-17/h2-11,14H,12-13H2,1H3/t14-/m0/s1. The normalized spacial score (nSPS) is 16.2. The number of aromatic nitrogens is 5. The fraction of sp³-hybridized carbons (Fsp3) is 0.190. The summed E-state index contributed by atoms with van der Waals surface area (Å²) in [5, 5.41) is 4.63. The van der Waals surface area contributed by atoms with Gasteiger partial charge < -0.3 is 4.90 Å². The van der Waals surface area contributed by atoms with Crippen LogP contribution in [0.5, 0.6) is 0 Å². The molecule has 0 N–H and O–H groups in total. The molecule has 3 heterocycles. The van der Waals surface area contributed by atoms with Crippen molar-refractivity contribution < 1.29 is 4.79 Å². The van der Waals surface area contributed by atoms with Crippen molar-refractivity contribution in [2.75, 3.05) is 6.54 Å². The lowest BCUT2D eigenvalue weighted by Crippen LogP contribution is -2.41. The maximum absolute atomic E-state index is 13.3. The number of para-hydroxylation sites is 1. The van der Waals surface area contributed by atoms with E-state index in [4.69, 9.17) is 4.98 Å². The molecule has 2 aromatic heterocycles. The van der Waals surface area contributed by atoms with Gasteiger partial charge >= 0.3 is 0 Å². The molecule has 7 heteroatoms. The Labute approximate surface area is 161 Å². The molecule has 0 radical (unpaired) electrons. The molecule has 0 saturated carbocycles. The number of hydrogen-bond donors (Lipinski definition) is 0. The SMILES string of the molecule is C[C@H]1c2nc(-c3ccccc3)nn2CCN1C(=O)c1cccc2nccnc12. The summed E-state index contributed by atoms with van der Waals surface area (Å²) in [5.41, 5.74) is 2.87. The third kappa shape index (κ3) is 2.63. The van der Waals surface area contributed by atoms with Crippen LogP contribution in [0.2, 0.25) is 0 Å². The van der Waals surface area contributed by atoms with E-state index in [0.717, 1.165) is 11.4 Å². The van der Waals surface area contributed by atoms with E-state index in [2.05, 4.69) is 15.1 Å². The number of carbonyl (C=O) groups is 1. The van der Waals surface area contributed by atoms with Crippen LogP contribution in [0.15, 0.2) is 60.9 Å². The largest absolute Gasteiger partial charge is 0.327 e. The van der Waals surface area contributed by atoms with Crippen LogP contribution in [0.4, 0.5) is 0 Å². The molecule has 7 nitrogen and oxygen atoms in total.